The van der Waals surface area contributed by atoms with Crippen LogP contribution in [0, 0.1) is 0 Å². The van der Waals surface area contributed by atoms with Gasteiger partial charge in [0.2, 0.25) is 11.8 Å². The molecule has 0 saturated heterocycles. The van der Waals surface area contributed by atoms with E-state index in [4.69, 9.17) is 4.42 Å². The standard InChI is InChI=1S/C48H37N3O/c1-48(2,3)36-26-28-37(29-27-36)51-44-20-12-11-19-42(44)43-31-35(25-30-45(43)51)39-16-8-10-18-41(39)40-17-9-7-15-38(40)32-21-23-34(24-22-32)47-50-49-46(52-47)33-13-5-4-6-14-33/h4-31H,1-3H3. The van der Waals surface area contributed by atoms with Crippen molar-refractivity contribution in [2.75, 3.05) is 0 Å². The molecule has 0 aliphatic heterocycles. The molecule has 0 unspecified atom stereocenters. The minimum Gasteiger partial charge on any atom is -0.416 e. The van der Waals surface area contributed by atoms with Crippen LogP contribution in [0.25, 0.3) is 83.8 Å². The van der Waals surface area contributed by atoms with Crippen LogP contribution in [0.15, 0.2) is 174 Å². The number of rotatable bonds is 6. The third-order valence-corrected chi connectivity index (χ3v) is 10.0. The Balaban J connectivity index is 1.10. The first-order valence-electron chi connectivity index (χ1n) is 17.7. The maximum absolute atomic E-state index is 6.04. The van der Waals surface area contributed by atoms with Gasteiger partial charge in [0, 0.05) is 27.6 Å². The van der Waals surface area contributed by atoms with Crippen LogP contribution in [0.5, 0.6) is 0 Å². The van der Waals surface area contributed by atoms with E-state index in [9.17, 15) is 0 Å². The van der Waals surface area contributed by atoms with Crippen molar-refractivity contribution in [3.8, 4) is 62.0 Å². The van der Waals surface area contributed by atoms with E-state index < -0.39 is 0 Å². The Labute approximate surface area is 303 Å². The predicted octanol–water partition coefficient (Wildman–Crippen LogP) is 12.8. The van der Waals surface area contributed by atoms with Gasteiger partial charge >= 0.3 is 0 Å². The molecule has 0 amide bonds. The molecule has 0 aliphatic rings. The highest BCUT2D eigenvalue weighted by Gasteiger charge is 2.18. The molecule has 2 aromatic heterocycles. The molecule has 0 spiro atoms. The Kier molecular flexibility index (Phi) is 7.66. The maximum atomic E-state index is 6.04. The van der Waals surface area contributed by atoms with Gasteiger partial charge in [-0.3, -0.25) is 0 Å². The van der Waals surface area contributed by atoms with E-state index in [0.29, 0.717) is 11.8 Å². The summed E-state index contributed by atoms with van der Waals surface area (Å²) in [7, 11) is 0. The Bertz CT molecular complexity index is 2690. The molecular weight excluding hydrogens is 635 g/mol. The van der Waals surface area contributed by atoms with Gasteiger partial charge in [-0.05, 0) is 99.0 Å². The van der Waals surface area contributed by atoms with Gasteiger partial charge in [0.1, 0.15) is 0 Å². The smallest absolute Gasteiger partial charge is 0.248 e. The molecule has 0 atom stereocenters. The van der Waals surface area contributed by atoms with Crippen LogP contribution in [0.4, 0.5) is 0 Å². The van der Waals surface area contributed by atoms with Crippen LogP contribution in [0.1, 0.15) is 26.3 Å². The number of para-hydroxylation sites is 1. The quantitative estimate of drug-likeness (QED) is 0.177. The van der Waals surface area contributed by atoms with Crippen LogP contribution in [0.3, 0.4) is 0 Å². The van der Waals surface area contributed by atoms with Crippen molar-refractivity contribution in [2.24, 2.45) is 0 Å². The molecule has 9 rings (SSSR count). The summed E-state index contributed by atoms with van der Waals surface area (Å²) in [6, 6.07) is 60.3. The lowest BCUT2D eigenvalue weighted by Crippen LogP contribution is -2.10. The minimum atomic E-state index is 0.103. The van der Waals surface area contributed by atoms with Gasteiger partial charge in [-0.25, -0.2) is 0 Å². The van der Waals surface area contributed by atoms with Crippen LogP contribution < -0.4 is 0 Å². The summed E-state index contributed by atoms with van der Waals surface area (Å²) in [5, 5.41) is 11.1. The van der Waals surface area contributed by atoms with Gasteiger partial charge in [-0.2, -0.15) is 0 Å². The predicted molar refractivity (Wildman–Crippen MR) is 215 cm³/mol. The monoisotopic (exact) mass is 671 g/mol. The van der Waals surface area contributed by atoms with E-state index in [0.717, 1.165) is 22.3 Å². The molecule has 0 radical (unpaired) electrons. The Morgan fingerprint density at radius 1 is 0.423 bits per heavy atom. The maximum Gasteiger partial charge on any atom is 0.248 e. The summed E-state index contributed by atoms with van der Waals surface area (Å²) in [5.74, 6) is 1.02. The van der Waals surface area contributed by atoms with Gasteiger partial charge in [-0.15, -0.1) is 10.2 Å². The van der Waals surface area contributed by atoms with Crippen molar-refractivity contribution in [1.82, 2.24) is 14.8 Å². The highest BCUT2D eigenvalue weighted by atomic mass is 16.4. The molecular formula is C48H37N3O. The lowest BCUT2D eigenvalue weighted by molar-refractivity contribution is 0.584. The van der Waals surface area contributed by atoms with E-state index in [-0.39, 0.29) is 5.41 Å². The zero-order chi connectivity index (χ0) is 35.2. The second kappa shape index (κ2) is 12.7. The topological polar surface area (TPSA) is 43.9 Å². The molecule has 0 aliphatic carbocycles. The third kappa shape index (κ3) is 5.59. The van der Waals surface area contributed by atoms with Crippen LogP contribution >= 0.6 is 0 Å². The average Bonchev–Trinajstić information content (AvgIpc) is 3.82. The summed E-state index contributed by atoms with van der Waals surface area (Å²) in [5.41, 5.74) is 13.8. The second-order valence-corrected chi connectivity index (χ2v) is 14.3. The van der Waals surface area contributed by atoms with Crippen molar-refractivity contribution in [1.29, 1.82) is 0 Å². The molecule has 0 fully saturated rings. The van der Waals surface area contributed by atoms with Crippen LogP contribution in [-0.4, -0.2) is 14.8 Å². The molecule has 4 heteroatoms. The summed E-state index contributed by atoms with van der Waals surface area (Å²) < 4.78 is 8.43. The first-order chi connectivity index (χ1) is 25.4. The van der Waals surface area contributed by atoms with Crippen LogP contribution in [0.2, 0.25) is 0 Å². The number of benzene rings is 7. The van der Waals surface area contributed by atoms with Gasteiger partial charge in [0.05, 0.1) is 11.0 Å². The van der Waals surface area contributed by atoms with Crippen molar-refractivity contribution in [3.05, 3.63) is 175 Å². The first-order valence-corrected chi connectivity index (χ1v) is 17.7. The van der Waals surface area contributed by atoms with E-state index in [1.165, 1.54) is 55.3 Å². The largest absolute Gasteiger partial charge is 0.416 e. The number of hydrogen-bond donors (Lipinski definition) is 0. The summed E-state index contributed by atoms with van der Waals surface area (Å²) in [6.45, 7) is 6.78. The molecule has 4 nitrogen and oxygen atoms in total. The Hall–Kier alpha value is -6.52. The van der Waals surface area contributed by atoms with Crippen molar-refractivity contribution in [3.63, 3.8) is 0 Å². The van der Waals surface area contributed by atoms with Crippen molar-refractivity contribution < 1.29 is 4.42 Å². The van der Waals surface area contributed by atoms with Gasteiger partial charge < -0.3 is 8.98 Å². The van der Waals surface area contributed by atoms with Crippen molar-refractivity contribution >= 4 is 21.8 Å². The molecule has 52 heavy (non-hydrogen) atoms. The minimum absolute atomic E-state index is 0.103. The second-order valence-electron chi connectivity index (χ2n) is 14.3. The van der Waals surface area contributed by atoms with Crippen molar-refractivity contribution in [2.45, 2.75) is 26.2 Å². The normalized spacial score (nSPS) is 11.8. The summed E-state index contributed by atoms with van der Waals surface area (Å²) >= 11 is 0. The molecule has 7 aromatic carbocycles. The lowest BCUT2D eigenvalue weighted by atomic mass is 9.87. The van der Waals surface area contributed by atoms with E-state index in [1.807, 2.05) is 30.3 Å². The zero-order valence-corrected chi connectivity index (χ0v) is 29.4. The van der Waals surface area contributed by atoms with Gasteiger partial charge in [0.25, 0.3) is 0 Å². The third-order valence-electron chi connectivity index (χ3n) is 10.0. The molecule has 250 valence electrons. The number of aromatic nitrogens is 3. The highest BCUT2D eigenvalue weighted by Crippen LogP contribution is 2.41. The fourth-order valence-corrected chi connectivity index (χ4v) is 7.30. The fraction of sp³-hybridized carbons (Fsp3) is 0.0833. The van der Waals surface area contributed by atoms with E-state index in [1.54, 1.807) is 0 Å². The number of hydrogen-bond acceptors (Lipinski definition) is 3. The van der Waals surface area contributed by atoms with Gasteiger partial charge in [0.15, 0.2) is 0 Å². The Morgan fingerprint density at radius 2 is 0.923 bits per heavy atom. The van der Waals surface area contributed by atoms with E-state index >= 15 is 0 Å². The molecule has 9 aromatic rings. The average molecular weight is 672 g/mol. The SMILES string of the molecule is CC(C)(C)c1ccc(-n2c3ccccc3c3cc(-c4ccccc4-c4ccccc4-c4ccc(-c5nnc(-c6ccccc6)o5)cc4)ccc32)cc1. The molecule has 0 saturated carbocycles. The summed E-state index contributed by atoms with van der Waals surface area (Å²) in [4.78, 5) is 0. The van der Waals surface area contributed by atoms with E-state index in [2.05, 4.69) is 175 Å². The Morgan fingerprint density at radius 3 is 1.58 bits per heavy atom. The first kappa shape index (κ1) is 31.5. The molecule has 0 bridgehead atoms. The number of nitrogens with zero attached hydrogens (tertiary/aromatic N) is 3. The molecule has 2 heterocycles. The number of fused-ring (bicyclic) bond motifs is 3. The summed E-state index contributed by atoms with van der Waals surface area (Å²) in [6.07, 6.45) is 0. The molecule has 0 N–H and O–H groups in total. The van der Waals surface area contributed by atoms with Crippen LogP contribution in [-0.2, 0) is 5.41 Å². The fourth-order valence-electron chi connectivity index (χ4n) is 7.30. The lowest BCUT2D eigenvalue weighted by Gasteiger charge is -2.19. The van der Waals surface area contributed by atoms with Gasteiger partial charge in [-0.1, -0.05) is 136 Å². The highest BCUT2D eigenvalue weighted by molar-refractivity contribution is 6.11. The zero-order valence-electron chi connectivity index (χ0n) is 29.4.